The molecule has 4 heteroatoms. The third-order valence-electron chi connectivity index (χ3n) is 4.45. The van der Waals surface area contributed by atoms with Gasteiger partial charge in [0.25, 0.3) is 0 Å². The van der Waals surface area contributed by atoms with Crippen molar-refractivity contribution in [3.05, 3.63) is 65.7 Å². The van der Waals surface area contributed by atoms with E-state index in [-0.39, 0.29) is 17.2 Å². The van der Waals surface area contributed by atoms with Crippen molar-refractivity contribution in [2.75, 3.05) is 25.6 Å². The molecule has 0 saturated carbocycles. The maximum absolute atomic E-state index is 12.3. The number of likely N-dealkylation sites (N-methyl/N-ethyl adjacent to an activating group) is 1. The Balaban J connectivity index is 2.23. The van der Waals surface area contributed by atoms with E-state index in [1.54, 1.807) is 0 Å². The molecule has 0 aliphatic heterocycles. The van der Waals surface area contributed by atoms with E-state index in [0.29, 0.717) is 6.54 Å². The van der Waals surface area contributed by atoms with Gasteiger partial charge in [-0.3, -0.25) is 9.59 Å². The van der Waals surface area contributed by atoms with Gasteiger partial charge in [-0.05, 0) is 23.3 Å². The molecule has 0 saturated heterocycles. The summed E-state index contributed by atoms with van der Waals surface area (Å²) in [5.41, 5.74) is 2.33. The summed E-state index contributed by atoms with van der Waals surface area (Å²) in [6.45, 7) is 6.12. The molecule has 0 bridgehead atoms. The number of anilines is 1. The Morgan fingerprint density at radius 1 is 0.962 bits per heavy atom. The van der Waals surface area contributed by atoms with E-state index in [1.807, 2.05) is 87.3 Å². The van der Waals surface area contributed by atoms with Crippen LogP contribution in [0, 0.1) is 5.41 Å². The van der Waals surface area contributed by atoms with Crippen LogP contribution in [0.5, 0.6) is 0 Å². The third kappa shape index (κ3) is 4.72. The van der Waals surface area contributed by atoms with Gasteiger partial charge < -0.3 is 9.64 Å². The number of ketones is 1. The number of hydrogen-bond acceptors (Lipinski definition) is 4. The quantitative estimate of drug-likeness (QED) is 0.735. The molecule has 0 fully saturated rings. The summed E-state index contributed by atoms with van der Waals surface area (Å²) < 4.78 is 4.99. The van der Waals surface area contributed by atoms with Gasteiger partial charge in [-0.15, -0.1) is 0 Å². The molecule has 138 valence electrons. The van der Waals surface area contributed by atoms with Crippen molar-refractivity contribution >= 4 is 17.4 Å². The normalized spacial score (nSPS) is 12.3. The van der Waals surface area contributed by atoms with Crippen LogP contribution in [0.4, 0.5) is 5.69 Å². The number of methoxy groups -OCH3 is 1. The van der Waals surface area contributed by atoms with Gasteiger partial charge in [0.05, 0.1) is 13.7 Å². The highest BCUT2D eigenvalue weighted by Crippen LogP contribution is 2.28. The van der Waals surface area contributed by atoms with Gasteiger partial charge in [0.15, 0.2) is 5.78 Å². The first kappa shape index (κ1) is 19.7. The minimum atomic E-state index is -0.461. The van der Waals surface area contributed by atoms with Crippen molar-refractivity contribution in [3.8, 4) is 0 Å². The molecule has 1 unspecified atom stereocenters. The molecule has 0 heterocycles. The molecule has 0 aromatic heterocycles. The zero-order valence-corrected chi connectivity index (χ0v) is 16.2. The van der Waals surface area contributed by atoms with Gasteiger partial charge in [0, 0.05) is 18.2 Å². The first-order valence-corrected chi connectivity index (χ1v) is 8.71. The maximum Gasteiger partial charge on any atom is 0.317 e. The molecule has 2 aromatic carbocycles. The summed E-state index contributed by atoms with van der Waals surface area (Å²) in [7, 11) is 3.30. The van der Waals surface area contributed by atoms with Crippen LogP contribution in [0.3, 0.4) is 0 Å². The Hall–Kier alpha value is -2.62. The Morgan fingerprint density at radius 2 is 1.50 bits per heavy atom. The average Bonchev–Trinajstić information content (AvgIpc) is 2.62. The molecular formula is C22H27NO3. The van der Waals surface area contributed by atoms with Crippen molar-refractivity contribution in [1.82, 2.24) is 0 Å². The van der Waals surface area contributed by atoms with E-state index in [1.165, 1.54) is 7.11 Å². The number of carbonyl (C=O) groups excluding carboxylic acids is 2. The molecule has 1 atom stereocenters. The fraction of sp³-hybridized carbons (Fsp3) is 0.364. The van der Waals surface area contributed by atoms with E-state index in [0.717, 1.165) is 16.8 Å². The van der Waals surface area contributed by atoms with Gasteiger partial charge in [0.1, 0.15) is 5.92 Å². The number of Topliss-reactive ketones (excluding diaryl/α,β-unsaturated/α-hetero) is 1. The lowest BCUT2D eigenvalue weighted by molar-refractivity contribution is -0.141. The fourth-order valence-corrected chi connectivity index (χ4v) is 2.69. The zero-order valence-electron chi connectivity index (χ0n) is 16.2. The standard InChI is InChI=1S/C22H27NO3/c1-22(2,3)19(24)15-23(4)18-13-11-17(12-14-18)20(21(25)26-5)16-9-7-6-8-10-16/h6-14,20H,15H2,1-5H3. The second-order valence-electron chi connectivity index (χ2n) is 7.49. The second kappa shape index (κ2) is 8.17. The molecule has 4 nitrogen and oxygen atoms in total. The van der Waals surface area contributed by atoms with Gasteiger partial charge in [0.2, 0.25) is 0 Å². The van der Waals surface area contributed by atoms with Crippen LogP contribution in [0.25, 0.3) is 0 Å². The smallest absolute Gasteiger partial charge is 0.317 e. The largest absolute Gasteiger partial charge is 0.468 e. The molecule has 0 aliphatic rings. The van der Waals surface area contributed by atoms with Crippen molar-refractivity contribution in [2.45, 2.75) is 26.7 Å². The van der Waals surface area contributed by atoms with Crippen LogP contribution in [0.15, 0.2) is 54.6 Å². The monoisotopic (exact) mass is 353 g/mol. The van der Waals surface area contributed by atoms with Crippen LogP contribution >= 0.6 is 0 Å². The Bertz CT molecular complexity index is 745. The Kier molecular flexibility index (Phi) is 6.19. The molecule has 0 spiro atoms. The molecule has 2 rings (SSSR count). The first-order valence-electron chi connectivity index (χ1n) is 8.71. The zero-order chi connectivity index (χ0) is 19.3. The van der Waals surface area contributed by atoms with Crippen LogP contribution in [0.2, 0.25) is 0 Å². The van der Waals surface area contributed by atoms with Crippen LogP contribution < -0.4 is 4.90 Å². The molecule has 0 amide bonds. The fourth-order valence-electron chi connectivity index (χ4n) is 2.69. The highest BCUT2D eigenvalue weighted by Gasteiger charge is 2.24. The molecule has 0 radical (unpaired) electrons. The first-order chi connectivity index (χ1) is 12.2. The lowest BCUT2D eigenvalue weighted by atomic mass is 9.90. The summed E-state index contributed by atoms with van der Waals surface area (Å²) in [5, 5.41) is 0. The third-order valence-corrected chi connectivity index (χ3v) is 4.45. The maximum atomic E-state index is 12.3. The minimum Gasteiger partial charge on any atom is -0.468 e. The van der Waals surface area contributed by atoms with Crippen molar-refractivity contribution in [3.63, 3.8) is 0 Å². The van der Waals surface area contributed by atoms with Crippen LogP contribution in [-0.2, 0) is 14.3 Å². The Labute approximate surface area is 155 Å². The molecule has 0 aliphatic carbocycles. The summed E-state index contributed by atoms with van der Waals surface area (Å²) in [5.74, 6) is -0.572. The number of ether oxygens (including phenoxy) is 1. The van der Waals surface area contributed by atoms with E-state index in [2.05, 4.69) is 0 Å². The highest BCUT2D eigenvalue weighted by molar-refractivity contribution is 5.88. The number of esters is 1. The summed E-state index contributed by atoms with van der Waals surface area (Å²) in [4.78, 5) is 26.5. The lowest BCUT2D eigenvalue weighted by Crippen LogP contribution is -2.33. The topological polar surface area (TPSA) is 46.6 Å². The number of rotatable bonds is 6. The van der Waals surface area contributed by atoms with Crippen LogP contribution in [0.1, 0.15) is 37.8 Å². The van der Waals surface area contributed by atoms with Crippen molar-refractivity contribution in [2.24, 2.45) is 5.41 Å². The van der Waals surface area contributed by atoms with E-state index < -0.39 is 5.92 Å². The summed E-state index contributed by atoms with van der Waals surface area (Å²) in [6.07, 6.45) is 0. The number of nitrogens with zero attached hydrogens (tertiary/aromatic N) is 1. The molecule has 2 aromatic rings. The van der Waals surface area contributed by atoms with Gasteiger partial charge in [-0.2, -0.15) is 0 Å². The van der Waals surface area contributed by atoms with E-state index in [4.69, 9.17) is 4.74 Å². The van der Waals surface area contributed by atoms with Gasteiger partial charge in [-0.1, -0.05) is 63.2 Å². The van der Waals surface area contributed by atoms with Gasteiger partial charge >= 0.3 is 5.97 Å². The average molecular weight is 353 g/mol. The number of carbonyl (C=O) groups is 2. The summed E-state index contributed by atoms with van der Waals surface area (Å²) in [6, 6.07) is 17.3. The highest BCUT2D eigenvalue weighted by atomic mass is 16.5. The van der Waals surface area contributed by atoms with E-state index >= 15 is 0 Å². The number of hydrogen-bond donors (Lipinski definition) is 0. The van der Waals surface area contributed by atoms with Crippen LogP contribution in [-0.4, -0.2) is 32.5 Å². The second-order valence-corrected chi connectivity index (χ2v) is 7.49. The lowest BCUT2D eigenvalue weighted by Gasteiger charge is -2.24. The van der Waals surface area contributed by atoms with Crippen molar-refractivity contribution < 1.29 is 14.3 Å². The molecule has 0 N–H and O–H groups in total. The summed E-state index contributed by atoms with van der Waals surface area (Å²) >= 11 is 0. The van der Waals surface area contributed by atoms with Gasteiger partial charge in [-0.25, -0.2) is 0 Å². The number of benzene rings is 2. The predicted octanol–water partition coefficient (Wildman–Crippen LogP) is 4.04. The van der Waals surface area contributed by atoms with E-state index in [9.17, 15) is 9.59 Å². The SMILES string of the molecule is COC(=O)C(c1ccccc1)c1ccc(N(C)CC(=O)C(C)(C)C)cc1. The minimum absolute atomic E-state index is 0.181. The predicted molar refractivity (Wildman–Crippen MR) is 104 cm³/mol. The molecular weight excluding hydrogens is 326 g/mol. The molecule has 26 heavy (non-hydrogen) atoms. The van der Waals surface area contributed by atoms with Crippen molar-refractivity contribution in [1.29, 1.82) is 0 Å². The Morgan fingerprint density at radius 3 is 2.00 bits per heavy atom.